The maximum Gasteiger partial charge on any atom is 0.196 e. The van der Waals surface area contributed by atoms with E-state index >= 15 is 0 Å². The van der Waals surface area contributed by atoms with Crippen molar-refractivity contribution in [2.24, 2.45) is 0 Å². The summed E-state index contributed by atoms with van der Waals surface area (Å²) in [7, 11) is 1.52. The fourth-order valence-corrected chi connectivity index (χ4v) is 2.29. The molecule has 0 saturated carbocycles. The molecule has 0 heterocycles. The zero-order chi connectivity index (χ0) is 14.9. The van der Waals surface area contributed by atoms with Gasteiger partial charge in [0.05, 0.1) is 17.7 Å². The zero-order valence-corrected chi connectivity index (χ0v) is 13.2. The van der Waals surface area contributed by atoms with E-state index in [-0.39, 0.29) is 10.6 Å². The van der Waals surface area contributed by atoms with Gasteiger partial charge in [-0.1, -0.05) is 23.7 Å². The fourth-order valence-electron chi connectivity index (χ4n) is 1.81. The van der Waals surface area contributed by atoms with E-state index < -0.39 is 11.6 Å². The van der Waals surface area contributed by atoms with Crippen LogP contribution in [-0.4, -0.2) is 12.9 Å². The van der Waals surface area contributed by atoms with Crippen LogP contribution in [-0.2, 0) is 0 Å². The zero-order valence-electron chi connectivity index (χ0n) is 10.8. The maximum absolute atomic E-state index is 13.9. The Morgan fingerprint density at radius 2 is 2.00 bits per heavy atom. The molecule has 5 heteroatoms. The third-order valence-corrected chi connectivity index (χ3v) is 4.12. The minimum Gasteiger partial charge on any atom is -0.496 e. The van der Waals surface area contributed by atoms with Gasteiger partial charge in [0, 0.05) is 10.0 Å². The molecule has 2 aromatic carbocycles. The van der Waals surface area contributed by atoms with Gasteiger partial charge in [-0.05, 0) is 46.6 Å². The minimum absolute atomic E-state index is 0.0656. The molecule has 20 heavy (non-hydrogen) atoms. The van der Waals surface area contributed by atoms with Crippen LogP contribution in [0.3, 0.4) is 0 Å². The van der Waals surface area contributed by atoms with E-state index in [9.17, 15) is 9.18 Å². The van der Waals surface area contributed by atoms with Crippen LogP contribution < -0.4 is 4.74 Å². The van der Waals surface area contributed by atoms with Crippen LogP contribution in [0, 0.1) is 12.7 Å². The van der Waals surface area contributed by atoms with Gasteiger partial charge in [-0.2, -0.15) is 0 Å². The highest BCUT2D eigenvalue weighted by molar-refractivity contribution is 9.10. The Morgan fingerprint density at radius 1 is 1.30 bits per heavy atom. The molecule has 2 aromatic rings. The second-order valence-corrected chi connectivity index (χ2v) is 5.52. The Labute approximate surface area is 129 Å². The highest BCUT2D eigenvalue weighted by atomic mass is 79.9. The van der Waals surface area contributed by atoms with Crippen molar-refractivity contribution >= 4 is 33.3 Å². The lowest BCUT2D eigenvalue weighted by atomic mass is 10.0. The maximum atomic E-state index is 13.9. The van der Waals surface area contributed by atoms with Gasteiger partial charge < -0.3 is 4.74 Å². The molecule has 0 aromatic heterocycles. The van der Waals surface area contributed by atoms with Crippen molar-refractivity contribution in [3.8, 4) is 5.75 Å². The van der Waals surface area contributed by atoms with E-state index in [0.29, 0.717) is 15.8 Å². The molecule has 0 unspecified atom stereocenters. The molecule has 0 aliphatic rings. The molecular formula is C15H11BrClFO2. The summed E-state index contributed by atoms with van der Waals surface area (Å²) >= 11 is 9.03. The first-order valence-corrected chi connectivity index (χ1v) is 6.95. The molecule has 0 N–H and O–H groups in total. The van der Waals surface area contributed by atoms with Gasteiger partial charge in [0.1, 0.15) is 11.6 Å². The van der Waals surface area contributed by atoms with Crippen LogP contribution in [0.4, 0.5) is 4.39 Å². The molecule has 104 valence electrons. The summed E-state index contributed by atoms with van der Waals surface area (Å²) < 4.78 is 19.5. The molecule has 0 atom stereocenters. The van der Waals surface area contributed by atoms with Gasteiger partial charge in [-0.25, -0.2) is 4.39 Å². The molecule has 2 rings (SSSR count). The molecule has 0 amide bonds. The van der Waals surface area contributed by atoms with Crippen LogP contribution in [0.1, 0.15) is 21.5 Å². The van der Waals surface area contributed by atoms with E-state index in [0.717, 1.165) is 5.56 Å². The lowest BCUT2D eigenvalue weighted by Gasteiger charge is -2.08. The normalized spacial score (nSPS) is 10.4. The number of hydrogen-bond acceptors (Lipinski definition) is 2. The number of aryl methyl sites for hydroxylation is 1. The molecule has 0 saturated heterocycles. The van der Waals surface area contributed by atoms with Crippen molar-refractivity contribution < 1.29 is 13.9 Å². The molecule has 0 aliphatic carbocycles. The Kier molecular flexibility index (Phi) is 4.45. The summed E-state index contributed by atoms with van der Waals surface area (Å²) in [6.45, 7) is 1.87. The average molecular weight is 358 g/mol. The van der Waals surface area contributed by atoms with Crippen molar-refractivity contribution in [3.05, 3.63) is 62.3 Å². The van der Waals surface area contributed by atoms with E-state index in [1.165, 1.54) is 19.2 Å². The van der Waals surface area contributed by atoms with Crippen molar-refractivity contribution in [3.63, 3.8) is 0 Å². The minimum atomic E-state index is -0.620. The van der Waals surface area contributed by atoms with Crippen molar-refractivity contribution in [1.29, 1.82) is 0 Å². The van der Waals surface area contributed by atoms with Gasteiger partial charge in [0.2, 0.25) is 0 Å². The van der Waals surface area contributed by atoms with Gasteiger partial charge in [0.15, 0.2) is 5.78 Å². The van der Waals surface area contributed by atoms with Crippen LogP contribution in [0.2, 0.25) is 5.02 Å². The van der Waals surface area contributed by atoms with Crippen LogP contribution in [0.15, 0.2) is 34.8 Å². The molecule has 0 spiro atoms. The monoisotopic (exact) mass is 356 g/mol. The number of ether oxygens (including phenoxy) is 1. The molecule has 0 aliphatic heterocycles. The molecule has 2 nitrogen and oxygen atoms in total. The molecular weight excluding hydrogens is 347 g/mol. The van der Waals surface area contributed by atoms with Crippen molar-refractivity contribution in [2.75, 3.05) is 7.11 Å². The largest absolute Gasteiger partial charge is 0.496 e. The van der Waals surface area contributed by atoms with Crippen molar-refractivity contribution in [1.82, 2.24) is 0 Å². The number of halogens is 3. The lowest BCUT2D eigenvalue weighted by Crippen LogP contribution is -2.05. The molecule has 0 bridgehead atoms. The number of carbonyl (C=O) groups excluding carboxylic acids is 1. The Hall–Kier alpha value is -1.39. The van der Waals surface area contributed by atoms with Crippen molar-refractivity contribution in [2.45, 2.75) is 6.92 Å². The standard InChI is InChI=1S/C15H11BrClFO2/c1-8-3-4-9(5-14(8)20-2)15(19)10-6-12(17)11(16)7-13(10)18/h3-7H,1-2H3. The topological polar surface area (TPSA) is 26.3 Å². The first-order valence-electron chi connectivity index (χ1n) is 5.78. The van der Waals surface area contributed by atoms with E-state index in [1.807, 2.05) is 6.92 Å². The number of hydrogen-bond donors (Lipinski definition) is 0. The summed E-state index contributed by atoms with van der Waals surface area (Å²) in [5, 5.41) is 0.286. The predicted molar refractivity (Wildman–Crippen MR) is 80.3 cm³/mol. The summed E-state index contributed by atoms with van der Waals surface area (Å²) in [5.41, 5.74) is 1.19. The summed E-state index contributed by atoms with van der Waals surface area (Å²) in [4.78, 5) is 12.3. The Balaban J connectivity index is 2.49. The predicted octanol–water partition coefficient (Wildman–Crippen LogP) is 4.79. The number of methoxy groups -OCH3 is 1. The van der Waals surface area contributed by atoms with Crippen LogP contribution >= 0.6 is 27.5 Å². The number of ketones is 1. The molecule has 0 radical (unpaired) electrons. The SMILES string of the molecule is COc1cc(C(=O)c2cc(Cl)c(Br)cc2F)ccc1C. The number of benzene rings is 2. The lowest BCUT2D eigenvalue weighted by molar-refractivity contribution is 0.103. The van der Waals surface area contributed by atoms with Gasteiger partial charge in [0.25, 0.3) is 0 Å². The molecule has 0 fully saturated rings. The quantitative estimate of drug-likeness (QED) is 0.583. The smallest absolute Gasteiger partial charge is 0.196 e. The average Bonchev–Trinajstić information content (AvgIpc) is 2.42. The fraction of sp³-hybridized carbons (Fsp3) is 0.133. The second kappa shape index (κ2) is 5.94. The van der Waals surface area contributed by atoms with Crippen LogP contribution in [0.25, 0.3) is 0 Å². The highest BCUT2D eigenvalue weighted by Crippen LogP contribution is 2.28. The van der Waals surface area contributed by atoms with E-state index in [1.54, 1.807) is 18.2 Å². The third-order valence-electron chi connectivity index (χ3n) is 2.92. The summed E-state index contributed by atoms with van der Waals surface area (Å²) in [6.07, 6.45) is 0. The van der Waals surface area contributed by atoms with Gasteiger partial charge in [-0.15, -0.1) is 0 Å². The van der Waals surface area contributed by atoms with E-state index in [2.05, 4.69) is 15.9 Å². The first kappa shape index (κ1) is 15.0. The third kappa shape index (κ3) is 2.86. The Morgan fingerprint density at radius 3 is 2.65 bits per heavy atom. The highest BCUT2D eigenvalue weighted by Gasteiger charge is 2.17. The number of carbonyl (C=O) groups is 1. The van der Waals surface area contributed by atoms with Gasteiger partial charge in [-0.3, -0.25) is 4.79 Å². The van der Waals surface area contributed by atoms with Gasteiger partial charge >= 0.3 is 0 Å². The number of rotatable bonds is 3. The Bertz CT molecular complexity index is 686. The summed E-state index contributed by atoms with van der Waals surface area (Å²) in [5.74, 6) is -0.472. The summed E-state index contributed by atoms with van der Waals surface area (Å²) in [6, 6.07) is 7.48. The second-order valence-electron chi connectivity index (χ2n) is 4.26. The van der Waals surface area contributed by atoms with E-state index in [4.69, 9.17) is 16.3 Å². The first-order chi connectivity index (χ1) is 9.43. The van der Waals surface area contributed by atoms with Crippen LogP contribution in [0.5, 0.6) is 5.75 Å².